The fraction of sp³-hybridized carbons (Fsp3) is 0.857. The highest BCUT2D eigenvalue weighted by atomic mass is 16.6. The van der Waals surface area contributed by atoms with E-state index in [0.717, 1.165) is 18.7 Å². The minimum absolute atomic E-state index is 0.277. The zero-order valence-electron chi connectivity index (χ0n) is 6.04. The van der Waals surface area contributed by atoms with Crippen molar-refractivity contribution in [2.24, 2.45) is 11.1 Å². The molecular formula is C7H11NO2. The SMILES string of the molecule is CC1ON=C2COCC[C@H]21. The molecule has 0 radical (unpaired) electrons. The first-order chi connectivity index (χ1) is 4.88. The summed E-state index contributed by atoms with van der Waals surface area (Å²) >= 11 is 0. The molecule has 0 bridgehead atoms. The Morgan fingerprint density at radius 2 is 2.50 bits per heavy atom. The molecule has 1 fully saturated rings. The van der Waals surface area contributed by atoms with Gasteiger partial charge in [0.15, 0.2) is 0 Å². The molecule has 1 saturated heterocycles. The van der Waals surface area contributed by atoms with Gasteiger partial charge in [0.2, 0.25) is 0 Å². The summed E-state index contributed by atoms with van der Waals surface area (Å²) in [5.41, 5.74) is 1.10. The third kappa shape index (κ3) is 0.814. The van der Waals surface area contributed by atoms with Gasteiger partial charge in [0, 0.05) is 12.5 Å². The van der Waals surface area contributed by atoms with Gasteiger partial charge in [-0.2, -0.15) is 0 Å². The highest BCUT2D eigenvalue weighted by molar-refractivity contribution is 5.89. The number of rotatable bonds is 0. The molecule has 0 aromatic heterocycles. The second-order valence-electron chi connectivity index (χ2n) is 2.84. The van der Waals surface area contributed by atoms with E-state index >= 15 is 0 Å². The molecule has 2 heterocycles. The molecule has 1 unspecified atom stereocenters. The Kier molecular flexibility index (Phi) is 1.38. The lowest BCUT2D eigenvalue weighted by Gasteiger charge is -2.19. The summed E-state index contributed by atoms with van der Waals surface area (Å²) in [6.45, 7) is 3.60. The van der Waals surface area contributed by atoms with Gasteiger partial charge in [0.25, 0.3) is 0 Å². The molecule has 0 aliphatic carbocycles. The van der Waals surface area contributed by atoms with Gasteiger partial charge in [0.1, 0.15) is 6.10 Å². The van der Waals surface area contributed by atoms with E-state index in [4.69, 9.17) is 9.57 Å². The molecule has 0 N–H and O–H groups in total. The highest BCUT2D eigenvalue weighted by Gasteiger charge is 2.32. The van der Waals surface area contributed by atoms with E-state index < -0.39 is 0 Å². The largest absolute Gasteiger partial charge is 0.392 e. The summed E-state index contributed by atoms with van der Waals surface area (Å²) in [6.07, 6.45) is 1.35. The first-order valence-corrected chi connectivity index (χ1v) is 3.68. The number of oxime groups is 1. The zero-order valence-corrected chi connectivity index (χ0v) is 6.04. The van der Waals surface area contributed by atoms with Gasteiger partial charge in [-0.3, -0.25) is 0 Å². The number of hydrogen-bond acceptors (Lipinski definition) is 3. The molecule has 2 aliphatic rings. The molecule has 2 rings (SSSR count). The zero-order chi connectivity index (χ0) is 6.97. The Morgan fingerprint density at radius 3 is 3.30 bits per heavy atom. The van der Waals surface area contributed by atoms with Gasteiger partial charge < -0.3 is 9.57 Å². The normalized spacial score (nSPS) is 38.3. The molecule has 2 atom stereocenters. The topological polar surface area (TPSA) is 30.8 Å². The van der Waals surface area contributed by atoms with Gasteiger partial charge in [-0.25, -0.2) is 0 Å². The monoisotopic (exact) mass is 141 g/mol. The van der Waals surface area contributed by atoms with Crippen LogP contribution in [0.4, 0.5) is 0 Å². The maximum Gasteiger partial charge on any atom is 0.133 e. The molecular weight excluding hydrogens is 130 g/mol. The summed E-state index contributed by atoms with van der Waals surface area (Å²) in [5, 5.41) is 3.93. The number of nitrogens with zero attached hydrogens (tertiary/aromatic N) is 1. The van der Waals surface area contributed by atoms with E-state index in [9.17, 15) is 0 Å². The van der Waals surface area contributed by atoms with Crippen LogP contribution in [0.2, 0.25) is 0 Å². The maximum atomic E-state index is 5.22. The molecule has 2 aliphatic heterocycles. The third-order valence-electron chi connectivity index (χ3n) is 2.15. The van der Waals surface area contributed by atoms with Crippen molar-refractivity contribution in [3.8, 4) is 0 Å². The van der Waals surface area contributed by atoms with Crippen LogP contribution in [0.15, 0.2) is 5.16 Å². The predicted molar refractivity (Wildman–Crippen MR) is 36.9 cm³/mol. The van der Waals surface area contributed by atoms with E-state index in [-0.39, 0.29) is 6.10 Å². The van der Waals surface area contributed by atoms with Crippen molar-refractivity contribution in [2.45, 2.75) is 19.4 Å². The maximum absolute atomic E-state index is 5.22. The Labute approximate surface area is 60.0 Å². The van der Waals surface area contributed by atoms with Crippen LogP contribution in [0.3, 0.4) is 0 Å². The van der Waals surface area contributed by atoms with Crippen molar-refractivity contribution in [3.63, 3.8) is 0 Å². The lowest BCUT2D eigenvalue weighted by molar-refractivity contribution is 0.0613. The van der Waals surface area contributed by atoms with Crippen LogP contribution >= 0.6 is 0 Å². The predicted octanol–water partition coefficient (Wildman–Crippen LogP) is 0.798. The van der Waals surface area contributed by atoms with Crippen LogP contribution in [0.25, 0.3) is 0 Å². The van der Waals surface area contributed by atoms with Crippen LogP contribution in [-0.4, -0.2) is 25.0 Å². The molecule has 0 aromatic carbocycles. The van der Waals surface area contributed by atoms with Gasteiger partial charge in [-0.05, 0) is 13.3 Å². The number of fused-ring (bicyclic) bond motifs is 1. The second kappa shape index (κ2) is 2.23. The first-order valence-electron chi connectivity index (χ1n) is 3.68. The van der Waals surface area contributed by atoms with Gasteiger partial charge in [0.05, 0.1) is 12.3 Å². The van der Waals surface area contributed by atoms with E-state index in [1.165, 1.54) is 0 Å². The average Bonchev–Trinajstić information content (AvgIpc) is 2.34. The molecule has 10 heavy (non-hydrogen) atoms. The number of ether oxygens (including phenoxy) is 1. The summed E-state index contributed by atoms with van der Waals surface area (Å²) in [7, 11) is 0. The number of hydrogen-bond donors (Lipinski definition) is 0. The minimum Gasteiger partial charge on any atom is -0.392 e. The second-order valence-corrected chi connectivity index (χ2v) is 2.84. The summed E-state index contributed by atoms with van der Waals surface area (Å²) in [4.78, 5) is 5.11. The van der Waals surface area contributed by atoms with Crippen LogP contribution < -0.4 is 0 Å². The Morgan fingerprint density at radius 1 is 1.60 bits per heavy atom. The van der Waals surface area contributed by atoms with Crippen molar-refractivity contribution >= 4 is 5.71 Å². The van der Waals surface area contributed by atoms with Crippen molar-refractivity contribution < 1.29 is 9.57 Å². The summed E-state index contributed by atoms with van der Waals surface area (Å²) in [5.74, 6) is 0.536. The van der Waals surface area contributed by atoms with Crippen molar-refractivity contribution in [1.29, 1.82) is 0 Å². The smallest absolute Gasteiger partial charge is 0.133 e. The Bertz CT molecular complexity index is 167. The molecule has 0 amide bonds. The van der Waals surface area contributed by atoms with E-state index in [2.05, 4.69) is 12.1 Å². The standard InChI is InChI=1S/C7H11NO2/c1-5-6-2-3-9-4-7(6)8-10-5/h5-6H,2-4H2,1H3/t5?,6-/m0/s1. The van der Waals surface area contributed by atoms with Crippen molar-refractivity contribution in [2.75, 3.05) is 13.2 Å². The van der Waals surface area contributed by atoms with Crippen molar-refractivity contribution in [3.05, 3.63) is 0 Å². The molecule has 0 saturated carbocycles. The molecule has 0 spiro atoms. The molecule has 3 heteroatoms. The lowest BCUT2D eigenvalue weighted by Crippen LogP contribution is -2.30. The van der Waals surface area contributed by atoms with Crippen molar-refractivity contribution in [1.82, 2.24) is 0 Å². The summed E-state index contributed by atoms with van der Waals surface area (Å²) < 4.78 is 5.22. The molecule has 0 aromatic rings. The lowest BCUT2D eigenvalue weighted by atomic mass is 9.94. The first kappa shape index (κ1) is 6.16. The Hall–Kier alpha value is -0.570. The van der Waals surface area contributed by atoms with Gasteiger partial charge in [-0.15, -0.1) is 0 Å². The van der Waals surface area contributed by atoms with Crippen LogP contribution in [-0.2, 0) is 9.57 Å². The van der Waals surface area contributed by atoms with Crippen LogP contribution in [0.1, 0.15) is 13.3 Å². The fourth-order valence-electron chi connectivity index (χ4n) is 1.48. The highest BCUT2D eigenvalue weighted by Crippen LogP contribution is 2.24. The average molecular weight is 141 g/mol. The van der Waals surface area contributed by atoms with E-state index in [1.807, 2.05) is 0 Å². The Balaban J connectivity index is 2.11. The van der Waals surface area contributed by atoms with Gasteiger partial charge in [-0.1, -0.05) is 5.16 Å². The van der Waals surface area contributed by atoms with Crippen LogP contribution in [0.5, 0.6) is 0 Å². The molecule has 56 valence electrons. The minimum atomic E-state index is 0.277. The van der Waals surface area contributed by atoms with Crippen LogP contribution in [0, 0.1) is 5.92 Å². The van der Waals surface area contributed by atoms with Gasteiger partial charge >= 0.3 is 0 Å². The van der Waals surface area contributed by atoms with E-state index in [1.54, 1.807) is 0 Å². The summed E-state index contributed by atoms with van der Waals surface area (Å²) in [6, 6.07) is 0. The quantitative estimate of drug-likeness (QED) is 0.499. The third-order valence-corrected chi connectivity index (χ3v) is 2.15. The van der Waals surface area contributed by atoms with E-state index in [0.29, 0.717) is 12.5 Å². The molecule has 3 nitrogen and oxygen atoms in total. The fourth-order valence-corrected chi connectivity index (χ4v) is 1.48.